The Kier molecular flexibility index (Phi) is 6.14. The number of alkyl carbamates (subject to hydrolysis) is 1. The zero-order chi connectivity index (χ0) is 19.9. The average Bonchev–Trinajstić information content (AvgIpc) is 3.05. The van der Waals surface area contributed by atoms with Crippen molar-refractivity contribution in [3.05, 3.63) is 70.1 Å². The quantitative estimate of drug-likeness (QED) is 0.341. The second-order valence-corrected chi connectivity index (χ2v) is 6.29. The molecule has 0 fully saturated rings. The highest BCUT2D eigenvalue weighted by molar-refractivity contribution is 5.82. The van der Waals surface area contributed by atoms with Crippen LogP contribution in [0.1, 0.15) is 23.5 Å². The standard InChI is InChI=1S/C20H20N4O4/c1-27-19(25)18(10-11-22-24-21)23-20(26)28-12-17-15-8-4-2-6-13(15)14-7-3-5-9-16(14)17/h2-9,17-18H,10-12H2,1H3,(H,23,26). The zero-order valence-corrected chi connectivity index (χ0v) is 15.4. The van der Waals surface area contributed by atoms with Gasteiger partial charge < -0.3 is 14.8 Å². The fourth-order valence-corrected chi connectivity index (χ4v) is 3.41. The van der Waals surface area contributed by atoms with E-state index < -0.39 is 18.1 Å². The van der Waals surface area contributed by atoms with E-state index in [9.17, 15) is 9.59 Å². The van der Waals surface area contributed by atoms with E-state index in [2.05, 4.69) is 32.2 Å². The summed E-state index contributed by atoms with van der Waals surface area (Å²) in [7, 11) is 1.22. The van der Waals surface area contributed by atoms with E-state index in [1.807, 2.05) is 36.4 Å². The van der Waals surface area contributed by atoms with Crippen LogP contribution in [0.5, 0.6) is 0 Å². The summed E-state index contributed by atoms with van der Waals surface area (Å²) in [6.45, 7) is 0.198. The number of methoxy groups -OCH3 is 1. The number of azide groups is 1. The number of hydrogen-bond acceptors (Lipinski definition) is 5. The Morgan fingerprint density at radius 1 is 1.14 bits per heavy atom. The molecule has 1 N–H and O–H groups in total. The van der Waals surface area contributed by atoms with Crippen molar-refractivity contribution in [2.75, 3.05) is 20.3 Å². The van der Waals surface area contributed by atoms with Crippen LogP contribution < -0.4 is 5.32 Å². The van der Waals surface area contributed by atoms with Crippen LogP contribution in [0.4, 0.5) is 4.79 Å². The lowest BCUT2D eigenvalue weighted by molar-refractivity contribution is -0.143. The largest absolute Gasteiger partial charge is 0.467 e. The summed E-state index contributed by atoms with van der Waals surface area (Å²) in [5, 5.41) is 5.85. The van der Waals surface area contributed by atoms with E-state index in [1.165, 1.54) is 7.11 Å². The van der Waals surface area contributed by atoms with Gasteiger partial charge in [-0.05, 0) is 34.2 Å². The second-order valence-electron chi connectivity index (χ2n) is 6.29. The molecule has 1 unspecified atom stereocenters. The lowest BCUT2D eigenvalue weighted by Crippen LogP contribution is -2.42. The van der Waals surface area contributed by atoms with Crippen molar-refractivity contribution in [1.82, 2.24) is 5.32 Å². The SMILES string of the molecule is COC(=O)C(CCN=[N+]=[N-])NC(=O)OCC1c2ccccc2-c2ccccc21. The molecule has 1 atom stereocenters. The average molecular weight is 380 g/mol. The van der Waals surface area contributed by atoms with Crippen LogP contribution in [0.2, 0.25) is 0 Å². The van der Waals surface area contributed by atoms with Gasteiger partial charge in [-0.3, -0.25) is 0 Å². The van der Waals surface area contributed by atoms with E-state index in [-0.39, 0.29) is 25.5 Å². The second kappa shape index (κ2) is 8.92. The van der Waals surface area contributed by atoms with Gasteiger partial charge in [0.05, 0.1) is 7.11 Å². The van der Waals surface area contributed by atoms with Crippen molar-refractivity contribution in [2.45, 2.75) is 18.4 Å². The summed E-state index contributed by atoms with van der Waals surface area (Å²) < 4.78 is 10.1. The summed E-state index contributed by atoms with van der Waals surface area (Å²) >= 11 is 0. The molecule has 144 valence electrons. The van der Waals surface area contributed by atoms with Crippen molar-refractivity contribution in [1.29, 1.82) is 0 Å². The lowest BCUT2D eigenvalue weighted by atomic mass is 9.98. The number of hydrogen-bond donors (Lipinski definition) is 1. The topological polar surface area (TPSA) is 113 Å². The Morgan fingerprint density at radius 2 is 1.75 bits per heavy atom. The molecule has 0 spiro atoms. The van der Waals surface area contributed by atoms with Crippen LogP contribution in [0.25, 0.3) is 21.6 Å². The lowest BCUT2D eigenvalue weighted by Gasteiger charge is -2.18. The Morgan fingerprint density at radius 3 is 2.32 bits per heavy atom. The number of esters is 1. The van der Waals surface area contributed by atoms with Crippen LogP contribution >= 0.6 is 0 Å². The maximum atomic E-state index is 12.2. The van der Waals surface area contributed by atoms with Gasteiger partial charge in [-0.15, -0.1) is 0 Å². The molecule has 28 heavy (non-hydrogen) atoms. The van der Waals surface area contributed by atoms with Crippen molar-refractivity contribution in [2.24, 2.45) is 5.11 Å². The summed E-state index contributed by atoms with van der Waals surface area (Å²) in [4.78, 5) is 26.7. The van der Waals surface area contributed by atoms with Crippen molar-refractivity contribution in [3.63, 3.8) is 0 Å². The number of carbonyl (C=O) groups is 2. The molecule has 1 aliphatic rings. The minimum atomic E-state index is -0.939. The van der Waals surface area contributed by atoms with Crippen LogP contribution in [-0.4, -0.2) is 38.4 Å². The molecule has 2 aromatic rings. The zero-order valence-electron chi connectivity index (χ0n) is 15.4. The summed E-state index contributed by atoms with van der Waals surface area (Å²) in [6, 6.07) is 15.1. The van der Waals surface area contributed by atoms with Crippen molar-refractivity contribution >= 4 is 12.1 Å². The third-order valence-electron chi connectivity index (χ3n) is 4.70. The number of fused-ring (bicyclic) bond motifs is 3. The highest BCUT2D eigenvalue weighted by Gasteiger charge is 2.29. The van der Waals surface area contributed by atoms with E-state index >= 15 is 0 Å². The first-order valence-electron chi connectivity index (χ1n) is 8.86. The van der Waals surface area contributed by atoms with Gasteiger partial charge in [0.15, 0.2) is 0 Å². The number of amides is 1. The number of carbonyl (C=O) groups excluding carboxylic acids is 2. The molecule has 0 radical (unpaired) electrons. The number of nitrogens with zero attached hydrogens (tertiary/aromatic N) is 3. The van der Waals surface area contributed by atoms with E-state index in [0.29, 0.717) is 0 Å². The van der Waals surface area contributed by atoms with Gasteiger partial charge >= 0.3 is 12.1 Å². The molecule has 3 rings (SSSR count). The molecule has 0 heterocycles. The maximum Gasteiger partial charge on any atom is 0.407 e. The molecule has 0 aromatic heterocycles. The molecule has 1 amide bonds. The van der Waals surface area contributed by atoms with Gasteiger partial charge in [0.25, 0.3) is 0 Å². The predicted octanol–water partition coefficient (Wildman–Crippen LogP) is 3.77. The van der Waals surface area contributed by atoms with E-state index in [1.54, 1.807) is 0 Å². The third kappa shape index (κ3) is 4.07. The summed E-state index contributed by atoms with van der Waals surface area (Å²) in [5.74, 6) is -0.695. The highest BCUT2D eigenvalue weighted by Crippen LogP contribution is 2.44. The molecule has 0 bridgehead atoms. The van der Waals surface area contributed by atoms with Gasteiger partial charge in [-0.25, -0.2) is 9.59 Å². The van der Waals surface area contributed by atoms with Gasteiger partial charge in [0.1, 0.15) is 12.6 Å². The van der Waals surface area contributed by atoms with Crippen molar-refractivity contribution in [3.8, 4) is 11.1 Å². The number of nitrogens with one attached hydrogen (secondary N) is 1. The number of benzene rings is 2. The molecular formula is C20H20N4O4. The minimum Gasteiger partial charge on any atom is -0.467 e. The van der Waals surface area contributed by atoms with Gasteiger partial charge in [0.2, 0.25) is 0 Å². The fraction of sp³-hybridized carbons (Fsp3) is 0.300. The Balaban J connectivity index is 1.67. The van der Waals surface area contributed by atoms with Gasteiger partial charge in [-0.1, -0.05) is 53.6 Å². The maximum absolute atomic E-state index is 12.2. The normalized spacial score (nSPS) is 12.9. The first-order chi connectivity index (χ1) is 13.7. The van der Waals surface area contributed by atoms with E-state index in [4.69, 9.17) is 10.3 Å². The summed E-state index contributed by atoms with van der Waals surface area (Å²) in [5.41, 5.74) is 12.8. The fourth-order valence-electron chi connectivity index (χ4n) is 3.41. The minimum absolute atomic E-state index is 0.0555. The van der Waals surface area contributed by atoms with Crippen LogP contribution in [-0.2, 0) is 14.3 Å². The highest BCUT2D eigenvalue weighted by atomic mass is 16.6. The van der Waals surface area contributed by atoms with Gasteiger partial charge in [0, 0.05) is 17.4 Å². The van der Waals surface area contributed by atoms with Crippen LogP contribution in [0, 0.1) is 0 Å². The Bertz CT molecular complexity index is 878. The number of rotatable bonds is 7. The monoisotopic (exact) mass is 380 g/mol. The number of ether oxygens (including phenoxy) is 2. The van der Waals surface area contributed by atoms with Crippen molar-refractivity contribution < 1.29 is 19.1 Å². The molecule has 0 saturated heterocycles. The first kappa shape index (κ1) is 19.3. The first-order valence-corrected chi connectivity index (χ1v) is 8.86. The van der Waals surface area contributed by atoms with Gasteiger partial charge in [-0.2, -0.15) is 0 Å². The molecule has 2 aromatic carbocycles. The predicted molar refractivity (Wildman–Crippen MR) is 103 cm³/mol. The van der Waals surface area contributed by atoms with Crippen LogP contribution in [0.15, 0.2) is 53.6 Å². The molecular weight excluding hydrogens is 360 g/mol. The molecule has 8 nitrogen and oxygen atoms in total. The summed E-state index contributed by atoms with van der Waals surface area (Å²) in [6.07, 6.45) is -0.598. The molecule has 8 heteroatoms. The molecule has 0 saturated carbocycles. The molecule has 1 aliphatic carbocycles. The van der Waals surface area contributed by atoms with Crippen LogP contribution in [0.3, 0.4) is 0 Å². The smallest absolute Gasteiger partial charge is 0.407 e. The van der Waals surface area contributed by atoms with E-state index in [0.717, 1.165) is 22.3 Å². The third-order valence-corrected chi connectivity index (χ3v) is 4.70. The Hall–Kier alpha value is -3.51. The Labute approximate surface area is 162 Å². The molecule has 0 aliphatic heterocycles.